The number of nitrogens with one attached hydrogen (secondary N) is 1. The molecule has 0 radical (unpaired) electrons. The molecule has 0 unspecified atom stereocenters. The number of hydrogen-bond acceptors (Lipinski definition) is 4. The number of hydrogen-bond donors (Lipinski definition) is 1. The molecule has 1 amide bonds. The number of benzene rings is 3. The molecule has 0 spiro atoms. The van der Waals surface area contributed by atoms with Gasteiger partial charge >= 0.3 is 6.18 Å². The summed E-state index contributed by atoms with van der Waals surface area (Å²) in [5.74, 6) is 0.00118. The fourth-order valence-electron chi connectivity index (χ4n) is 2.82. The van der Waals surface area contributed by atoms with Crippen LogP contribution in [0.5, 0.6) is 11.5 Å². The first-order valence-corrected chi connectivity index (χ1v) is 9.12. The van der Waals surface area contributed by atoms with Gasteiger partial charge in [0.25, 0.3) is 5.91 Å². The Labute approximate surface area is 171 Å². The summed E-state index contributed by atoms with van der Waals surface area (Å²) in [5, 5.41) is 4.21. The van der Waals surface area contributed by atoms with Crippen LogP contribution in [0.3, 0.4) is 0 Å². The van der Waals surface area contributed by atoms with E-state index in [2.05, 4.69) is 5.32 Å². The average Bonchev–Trinajstić information content (AvgIpc) is 2.72. The lowest BCUT2D eigenvalue weighted by Gasteiger charge is -2.16. The van der Waals surface area contributed by atoms with Gasteiger partial charge in [0.15, 0.2) is 6.61 Å². The van der Waals surface area contributed by atoms with Gasteiger partial charge in [0, 0.05) is 12.5 Å². The van der Waals surface area contributed by atoms with E-state index < -0.39 is 17.6 Å². The Morgan fingerprint density at radius 2 is 1.70 bits per heavy atom. The van der Waals surface area contributed by atoms with E-state index in [0.717, 1.165) is 22.9 Å². The summed E-state index contributed by atoms with van der Waals surface area (Å²) in [7, 11) is 1.48. The van der Waals surface area contributed by atoms with Crippen molar-refractivity contribution in [1.29, 1.82) is 0 Å². The standard InChI is InChI=1S/C22H20F3NO4/c1-28-11-12-29-20-10-9-16(22(23,24)25)13-18(20)26-21(27)14-30-19-8-4-6-15-5-2-3-7-17(15)19/h2-10,13H,11-12,14H2,1H3,(H,26,27). The van der Waals surface area contributed by atoms with Gasteiger partial charge < -0.3 is 19.5 Å². The molecule has 0 aliphatic heterocycles. The van der Waals surface area contributed by atoms with Gasteiger partial charge in [0.1, 0.15) is 18.1 Å². The fraction of sp³-hybridized carbons (Fsp3) is 0.227. The first kappa shape index (κ1) is 21.4. The lowest BCUT2D eigenvalue weighted by molar-refractivity contribution is -0.137. The third-order valence-electron chi connectivity index (χ3n) is 4.23. The van der Waals surface area contributed by atoms with Gasteiger partial charge in [-0.25, -0.2) is 0 Å². The van der Waals surface area contributed by atoms with E-state index in [-0.39, 0.29) is 31.3 Å². The first-order chi connectivity index (χ1) is 14.4. The number of ether oxygens (including phenoxy) is 3. The zero-order chi connectivity index (χ0) is 21.6. The Balaban J connectivity index is 1.73. The highest BCUT2D eigenvalue weighted by Gasteiger charge is 2.31. The Morgan fingerprint density at radius 1 is 0.933 bits per heavy atom. The third kappa shape index (κ3) is 5.42. The summed E-state index contributed by atoms with van der Waals surface area (Å²) in [6.45, 7) is -0.00238. The van der Waals surface area contributed by atoms with Crippen LogP contribution in [-0.2, 0) is 15.7 Å². The molecule has 0 heterocycles. The molecule has 3 aromatic carbocycles. The molecule has 0 aromatic heterocycles. The minimum Gasteiger partial charge on any atom is -0.489 e. The second-order valence-electron chi connectivity index (χ2n) is 6.36. The minimum absolute atomic E-state index is 0.0903. The molecule has 5 nitrogen and oxygen atoms in total. The predicted octanol–water partition coefficient (Wildman–Crippen LogP) is 4.90. The topological polar surface area (TPSA) is 56.8 Å². The summed E-state index contributed by atoms with van der Waals surface area (Å²) in [6, 6.07) is 15.8. The van der Waals surface area contributed by atoms with E-state index >= 15 is 0 Å². The van der Waals surface area contributed by atoms with Gasteiger partial charge in [-0.2, -0.15) is 13.2 Å². The van der Waals surface area contributed by atoms with E-state index in [1.54, 1.807) is 12.1 Å². The summed E-state index contributed by atoms with van der Waals surface area (Å²) in [4.78, 5) is 12.4. The molecule has 3 aromatic rings. The molecule has 3 rings (SSSR count). The number of carbonyl (C=O) groups excluding carboxylic acids is 1. The quantitative estimate of drug-likeness (QED) is 0.528. The number of fused-ring (bicyclic) bond motifs is 1. The number of carbonyl (C=O) groups is 1. The van der Waals surface area contributed by atoms with Gasteiger partial charge in [-0.3, -0.25) is 4.79 Å². The van der Waals surface area contributed by atoms with Crippen molar-refractivity contribution in [3.05, 3.63) is 66.2 Å². The van der Waals surface area contributed by atoms with Crippen molar-refractivity contribution in [2.45, 2.75) is 6.18 Å². The van der Waals surface area contributed by atoms with Crippen LogP contribution in [0.4, 0.5) is 18.9 Å². The molecular weight excluding hydrogens is 399 g/mol. The molecule has 8 heteroatoms. The van der Waals surface area contributed by atoms with E-state index in [0.29, 0.717) is 5.75 Å². The summed E-state index contributed by atoms with van der Waals surface area (Å²) in [6.07, 6.45) is -4.55. The van der Waals surface area contributed by atoms with E-state index in [4.69, 9.17) is 14.2 Å². The van der Waals surface area contributed by atoms with Gasteiger partial charge in [-0.05, 0) is 29.7 Å². The zero-order valence-electron chi connectivity index (χ0n) is 16.2. The number of anilines is 1. The van der Waals surface area contributed by atoms with Crippen molar-refractivity contribution >= 4 is 22.4 Å². The van der Waals surface area contributed by atoms with Crippen LogP contribution >= 0.6 is 0 Å². The number of methoxy groups -OCH3 is 1. The van der Waals surface area contributed by atoms with E-state index in [9.17, 15) is 18.0 Å². The second kappa shape index (κ2) is 9.49. The highest BCUT2D eigenvalue weighted by Crippen LogP contribution is 2.35. The molecule has 0 bridgehead atoms. The molecule has 1 N–H and O–H groups in total. The minimum atomic E-state index is -4.55. The van der Waals surface area contributed by atoms with Crippen LogP contribution < -0.4 is 14.8 Å². The maximum Gasteiger partial charge on any atom is 0.416 e. The number of halogens is 3. The fourth-order valence-corrected chi connectivity index (χ4v) is 2.82. The van der Waals surface area contributed by atoms with Gasteiger partial charge in [-0.15, -0.1) is 0 Å². The van der Waals surface area contributed by atoms with Crippen LogP contribution in [0.25, 0.3) is 10.8 Å². The number of amides is 1. The number of rotatable bonds is 8. The first-order valence-electron chi connectivity index (χ1n) is 9.12. The predicted molar refractivity (Wildman–Crippen MR) is 107 cm³/mol. The van der Waals surface area contributed by atoms with Crippen LogP contribution in [-0.4, -0.2) is 32.8 Å². The Hall–Kier alpha value is -3.26. The monoisotopic (exact) mass is 419 g/mol. The van der Waals surface area contributed by atoms with Crippen LogP contribution in [0.1, 0.15) is 5.56 Å². The SMILES string of the molecule is COCCOc1ccc(C(F)(F)F)cc1NC(=O)COc1cccc2ccccc12. The summed E-state index contributed by atoms with van der Waals surface area (Å²) < 4.78 is 55.1. The molecule has 0 saturated heterocycles. The molecule has 0 aliphatic carbocycles. The highest BCUT2D eigenvalue weighted by molar-refractivity contribution is 5.94. The lowest BCUT2D eigenvalue weighted by Crippen LogP contribution is -2.21. The third-order valence-corrected chi connectivity index (χ3v) is 4.23. The second-order valence-corrected chi connectivity index (χ2v) is 6.36. The molecule has 0 aliphatic rings. The largest absolute Gasteiger partial charge is 0.489 e. The highest BCUT2D eigenvalue weighted by atomic mass is 19.4. The Morgan fingerprint density at radius 3 is 2.47 bits per heavy atom. The summed E-state index contributed by atoms with van der Waals surface area (Å²) >= 11 is 0. The van der Waals surface area contributed by atoms with Crippen LogP contribution in [0.2, 0.25) is 0 Å². The van der Waals surface area contributed by atoms with Crippen molar-refractivity contribution < 1.29 is 32.2 Å². The van der Waals surface area contributed by atoms with Crippen molar-refractivity contribution in [3.8, 4) is 11.5 Å². The molecule has 30 heavy (non-hydrogen) atoms. The molecule has 158 valence electrons. The van der Waals surface area contributed by atoms with Gasteiger partial charge in [-0.1, -0.05) is 36.4 Å². The Kier molecular flexibility index (Phi) is 6.79. The van der Waals surface area contributed by atoms with Crippen LogP contribution in [0.15, 0.2) is 60.7 Å². The van der Waals surface area contributed by atoms with Gasteiger partial charge in [0.05, 0.1) is 17.9 Å². The molecule has 0 atom stereocenters. The average molecular weight is 419 g/mol. The van der Waals surface area contributed by atoms with Gasteiger partial charge in [0.2, 0.25) is 0 Å². The lowest BCUT2D eigenvalue weighted by atomic mass is 10.1. The molecule has 0 fully saturated rings. The summed E-state index contributed by atoms with van der Waals surface area (Å²) in [5.41, 5.74) is -0.987. The Bertz CT molecular complexity index is 1020. The van der Waals surface area contributed by atoms with Crippen molar-refractivity contribution in [1.82, 2.24) is 0 Å². The van der Waals surface area contributed by atoms with E-state index in [1.807, 2.05) is 30.3 Å². The molecule has 0 saturated carbocycles. The van der Waals surface area contributed by atoms with Crippen molar-refractivity contribution in [2.75, 3.05) is 32.2 Å². The molecular formula is C22H20F3NO4. The number of alkyl halides is 3. The zero-order valence-corrected chi connectivity index (χ0v) is 16.2. The maximum absolute atomic E-state index is 13.1. The van der Waals surface area contributed by atoms with Crippen molar-refractivity contribution in [3.63, 3.8) is 0 Å². The van der Waals surface area contributed by atoms with Crippen LogP contribution in [0, 0.1) is 0 Å². The van der Waals surface area contributed by atoms with Crippen molar-refractivity contribution in [2.24, 2.45) is 0 Å². The smallest absolute Gasteiger partial charge is 0.416 e. The van der Waals surface area contributed by atoms with E-state index in [1.165, 1.54) is 13.2 Å². The maximum atomic E-state index is 13.1. The normalized spacial score (nSPS) is 11.3.